The molecule has 3 aromatic rings. The molecule has 0 N–H and O–H groups in total. The van der Waals surface area contributed by atoms with Gasteiger partial charge in [0.1, 0.15) is 17.3 Å². The first-order chi connectivity index (χ1) is 12.8. The quantitative estimate of drug-likeness (QED) is 0.727. The smallest absolute Gasteiger partial charge is 0.150 e. The van der Waals surface area contributed by atoms with Crippen LogP contribution in [-0.2, 0) is 19.5 Å². The molecule has 136 valence electrons. The maximum absolute atomic E-state index is 4.83. The van der Waals surface area contributed by atoms with Crippen LogP contribution in [0.5, 0.6) is 0 Å². The van der Waals surface area contributed by atoms with Gasteiger partial charge in [0, 0.05) is 31.4 Å². The van der Waals surface area contributed by atoms with E-state index in [1.54, 1.807) is 0 Å². The summed E-state index contributed by atoms with van der Waals surface area (Å²) in [6.07, 6.45) is 9.45. The molecule has 1 atom stereocenters. The van der Waals surface area contributed by atoms with E-state index in [9.17, 15) is 0 Å². The second-order valence-electron chi connectivity index (χ2n) is 7.69. The number of hydrogen-bond donors (Lipinski definition) is 0. The lowest BCUT2D eigenvalue weighted by Crippen LogP contribution is -2.25. The van der Waals surface area contributed by atoms with E-state index in [2.05, 4.69) is 55.4 Å². The van der Waals surface area contributed by atoms with Crippen LogP contribution in [0.15, 0.2) is 24.4 Å². The average molecular weight is 350 g/mol. The molecular weight excluding hydrogens is 324 g/mol. The SMILES string of the molecule is Cc1cccc2nc(CN3CCCC3c3nnc4n3CCCCC4)cn12. The fraction of sp³-hybridized carbons (Fsp3) is 0.550. The lowest BCUT2D eigenvalue weighted by molar-refractivity contribution is 0.232. The molecular formula is C20H26N6. The lowest BCUT2D eigenvalue weighted by atomic mass is 10.2. The van der Waals surface area contributed by atoms with Crippen molar-refractivity contribution in [2.24, 2.45) is 0 Å². The molecule has 0 amide bonds. The first kappa shape index (κ1) is 16.0. The Bertz CT molecular complexity index is 924. The molecule has 1 unspecified atom stereocenters. The second kappa shape index (κ2) is 6.50. The molecule has 0 aliphatic carbocycles. The maximum Gasteiger partial charge on any atom is 0.150 e. The van der Waals surface area contributed by atoms with Gasteiger partial charge in [-0.3, -0.25) is 4.90 Å². The van der Waals surface area contributed by atoms with Crippen LogP contribution in [0.25, 0.3) is 5.65 Å². The van der Waals surface area contributed by atoms with Crippen molar-refractivity contribution in [3.63, 3.8) is 0 Å². The number of imidazole rings is 1. The van der Waals surface area contributed by atoms with Crippen LogP contribution in [0.1, 0.15) is 61.2 Å². The van der Waals surface area contributed by atoms with Gasteiger partial charge in [0.15, 0.2) is 0 Å². The number of hydrogen-bond acceptors (Lipinski definition) is 4. The molecule has 0 spiro atoms. The molecule has 26 heavy (non-hydrogen) atoms. The number of aromatic nitrogens is 5. The van der Waals surface area contributed by atoms with Crippen molar-refractivity contribution in [3.8, 4) is 0 Å². The highest BCUT2D eigenvalue weighted by molar-refractivity contribution is 5.41. The van der Waals surface area contributed by atoms with Gasteiger partial charge >= 0.3 is 0 Å². The summed E-state index contributed by atoms with van der Waals surface area (Å²) in [5.41, 5.74) is 3.40. The molecule has 2 aliphatic heterocycles. The zero-order valence-corrected chi connectivity index (χ0v) is 15.4. The third kappa shape index (κ3) is 2.72. The third-order valence-electron chi connectivity index (χ3n) is 5.91. The van der Waals surface area contributed by atoms with Gasteiger partial charge in [0.2, 0.25) is 0 Å². The minimum Gasteiger partial charge on any atom is -0.314 e. The van der Waals surface area contributed by atoms with Gasteiger partial charge in [-0.1, -0.05) is 12.5 Å². The largest absolute Gasteiger partial charge is 0.314 e. The number of nitrogens with zero attached hydrogens (tertiary/aromatic N) is 6. The van der Waals surface area contributed by atoms with Crippen LogP contribution in [0.4, 0.5) is 0 Å². The summed E-state index contributed by atoms with van der Waals surface area (Å²) in [6.45, 7) is 5.20. The van der Waals surface area contributed by atoms with E-state index in [0.717, 1.165) is 37.4 Å². The predicted octanol–water partition coefficient (Wildman–Crippen LogP) is 3.30. The first-order valence-corrected chi connectivity index (χ1v) is 9.89. The van der Waals surface area contributed by atoms with E-state index in [4.69, 9.17) is 4.98 Å². The van der Waals surface area contributed by atoms with Gasteiger partial charge in [-0.2, -0.15) is 0 Å². The summed E-state index contributed by atoms with van der Waals surface area (Å²) >= 11 is 0. The van der Waals surface area contributed by atoms with Crippen LogP contribution >= 0.6 is 0 Å². The lowest BCUT2D eigenvalue weighted by Gasteiger charge is -2.23. The van der Waals surface area contributed by atoms with Crippen molar-refractivity contribution in [1.82, 2.24) is 29.0 Å². The van der Waals surface area contributed by atoms with Crippen LogP contribution in [-0.4, -0.2) is 35.6 Å². The molecule has 5 rings (SSSR count). The van der Waals surface area contributed by atoms with Gasteiger partial charge in [0.05, 0.1) is 11.7 Å². The number of likely N-dealkylation sites (tertiary alicyclic amines) is 1. The van der Waals surface area contributed by atoms with Crippen molar-refractivity contribution in [2.75, 3.05) is 6.54 Å². The van der Waals surface area contributed by atoms with Crippen molar-refractivity contribution < 1.29 is 0 Å². The summed E-state index contributed by atoms with van der Waals surface area (Å²) in [4.78, 5) is 7.37. The summed E-state index contributed by atoms with van der Waals surface area (Å²) in [6, 6.07) is 6.66. The number of rotatable bonds is 3. The van der Waals surface area contributed by atoms with Gasteiger partial charge in [-0.15, -0.1) is 10.2 Å². The van der Waals surface area contributed by atoms with Crippen LogP contribution in [0, 0.1) is 6.92 Å². The zero-order valence-electron chi connectivity index (χ0n) is 15.4. The van der Waals surface area contributed by atoms with Gasteiger partial charge in [0.25, 0.3) is 0 Å². The fourth-order valence-electron chi connectivity index (χ4n) is 4.54. The number of aryl methyl sites for hydroxylation is 2. The molecule has 6 nitrogen and oxygen atoms in total. The molecule has 3 aromatic heterocycles. The minimum atomic E-state index is 0.375. The van der Waals surface area contributed by atoms with Crippen molar-refractivity contribution >= 4 is 5.65 Å². The molecule has 5 heterocycles. The highest BCUT2D eigenvalue weighted by Gasteiger charge is 2.31. The van der Waals surface area contributed by atoms with Gasteiger partial charge in [-0.25, -0.2) is 4.98 Å². The molecule has 0 saturated carbocycles. The zero-order chi connectivity index (χ0) is 17.5. The minimum absolute atomic E-state index is 0.375. The van der Waals surface area contributed by atoms with Crippen LogP contribution in [0.3, 0.4) is 0 Å². The summed E-state index contributed by atoms with van der Waals surface area (Å²) in [5, 5.41) is 9.13. The molecule has 2 aliphatic rings. The van der Waals surface area contributed by atoms with Crippen LogP contribution in [0.2, 0.25) is 0 Å². The topological polar surface area (TPSA) is 51.2 Å². The van der Waals surface area contributed by atoms with Crippen molar-refractivity contribution in [1.29, 1.82) is 0 Å². The van der Waals surface area contributed by atoms with E-state index in [0.29, 0.717) is 6.04 Å². The van der Waals surface area contributed by atoms with Crippen LogP contribution < -0.4 is 0 Å². The standard InChI is InChI=1S/C20H26N6/c1-15-7-5-10-18-21-16(14-26(15)18)13-24-11-6-8-17(24)20-23-22-19-9-3-2-4-12-25(19)20/h5,7,10,14,17H,2-4,6,8-9,11-13H2,1H3. The highest BCUT2D eigenvalue weighted by atomic mass is 15.3. The van der Waals surface area contributed by atoms with Crippen molar-refractivity contribution in [3.05, 3.63) is 47.4 Å². The normalized spacial score (nSPS) is 21.2. The molecule has 1 saturated heterocycles. The Hall–Kier alpha value is -2.21. The summed E-state index contributed by atoms with van der Waals surface area (Å²) in [7, 11) is 0. The Morgan fingerprint density at radius 2 is 2.04 bits per heavy atom. The fourth-order valence-corrected chi connectivity index (χ4v) is 4.54. The molecule has 0 bridgehead atoms. The van der Waals surface area contributed by atoms with E-state index in [1.807, 2.05) is 0 Å². The Balaban J connectivity index is 1.42. The Morgan fingerprint density at radius 3 is 2.96 bits per heavy atom. The van der Waals surface area contributed by atoms with Gasteiger partial charge in [-0.05, 0) is 51.3 Å². The monoisotopic (exact) mass is 350 g/mol. The second-order valence-corrected chi connectivity index (χ2v) is 7.69. The van der Waals surface area contributed by atoms with E-state index < -0.39 is 0 Å². The number of pyridine rings is 1. The van der Waals surface area contributed by atoms with Gasteiger partial charge < -0.3 is 8.97 Å². The average Bonchev–Trinajstić information content (AvgIpc) is 3.31. The van der Waals surface area contributed by atoms with E-state index in [-0.39, 0.29) is 0 Å². The molecule has 0 aromatic carbocycles. The third-order valence-corrected chi connectivity index (χ3v) is 5.91. The van der Waals surface area contributed by atoms with Crippen molar-refractivity contribution in [2.45, 2.75) is 64.6 Å². The maximum atomic E-state index is 4.83. The van der Waals surface area contributed by atoms with E-state index >= 15 is 0 Å². The summed E-state index contributed by atoms with van der Waals surface area (Å²) < 4.78 is 4.59. The number of fused-ring (bicyclic) bond motifs is 2. The predicted molar refractivity (Wildman–Crippen MR) is 99.9 cm³/mol. The molecule has 1 fully saturated rings. The first-order valence-electron chi connectivity index (χ1n) is 9.89. The summed E-state index contributed by atoms with van der Waals surface area (Å²) in [5.74, 6) is 2.37. The molecule has 0 radical (unpaired) electrons. The molecule has 6 heteroatoms. The highest BCUT2D eigenvalue weighted by Crippen LogP contribution is 2.33. The Morgan fingerprint density at radius 1 is 1.08 bits per heavy atom. The van der Waals surface area contributed by atoms with E-state index in [1.165, 1.54) is 49.4 Å². The Labute approximate surface area is 153 Å². The Kier molecular flexibility index (Phi) is 4.00.